The largest absolute Gasteiger partial charge is 0.508 e. The van der Waals surface area contributed by atoms with Crippen molar-refractivity contribution in [3.8, 4) is 5.75 Å². The third-order valence-corrected chi connectivity index (χ3v) is 8.43. The summed E-state index contributed by atoms with van der Waals surface area (Å²) < 4.78 is 0. The van der Waals surface area contributed by atoms with E-state index in [1.807, 2.05) is 60.0 Å². The summed E-state index contributed by atoms with van der Waals surface area (Å²) in [5, 5.41) is 19.4. The van der Waals surface area contributed by atoms with Crippen molar-refractivity contribution in [3.05, 3.63) is 118 Å². The normalized spacial score (nSPS) is 19.1. The molecule has 4 heterocycles. The highest BCUT2D eigenvalue weighted by Gasteiger charge is 2.44. The van der Waals surface area contributed by atoms with Crippen LogP contribution in [0.5, 0.6) is 5.75 Å². The molecule has 210 valence electrons. The zero-order chi connectivity index (χ0) is 29.1. The number of nitrogens with one attached hydrogen (secondary N) is 1. The maximum absolute atomic E-state index is 14.3. The lowest BCUT2D eigenvalue weighted by Crippen LogP contribution is -2.52. The highest BCUT2D eigenvalue weighted by Crippen LogP contribution is 2.41. The van der Waals surface area contributed by atoms with Gasteiger partial charge in [-0.3, -0.25) is 24.5 Å². The number of benzene rings is 3. The Bertz CT molecular complexity index is 1790. The third kappa shape index (κ3) is 4.00. The van der Waals surface area contributed by atoms with Crippen molar-refractivity contribution in [2.45, 2.75) is 32.5 Å². The van der Waals surface area contributed by atoms with E-state index in [4.69, 9.17) is 5.10 Å². The fourth-order valence-corrected chi connectivity index (χ4v) is 6.32. The van der Waals surface area contributed by atoms with E-state index < -0.39 is 6.17 Å². The maximum Gasteiger partial charge on any atom is 0.269 e. The first-order valence-corrected chi connectivity index (χ1v) is 14.0. The van der Waals surface area contributed by atoms with Crippen LogP contribution < -0.4 is 10.2 Å². The molecule has 3 aromatic carbocycles. The number of hydrogen-bond acceptors (Lipinski definition) is 7. The highest BCUT2D eigenvalue weighted by atomic mass is 16.3. The molecule has 7 rings (SSSR count). The number of amides is 2. The molecule has 2 unspecified atom stereocenters. The van der Waals surface area contributed by atoms with E-state index in [1.165, 1.54) is 5.56 Å². The lowest BCUT2D eigenvalue weighted by atomic mass is 9.87. The number of aryl methyl sites for hydroxylation is 2. The molecule has 0 bridgehead atoms. The first-order valence-electron chi connectivity index (χ1n) is 14.0. The first-order chi connectivity index (χ1) is 20.3. The van der Waals surface area contributed by atoms with E-state index in [1.54, 1.807) is 42.6 Å². The molecule has 3 aliphatic heterocycles. The Labute approximate surface area is 243 Å². The number of fused-ring (bicyclic) bond motifs is 4. The van der Waals surface area contributed by atoms with Crippen LogP contribution in [0.3, 0.4) is 0 Å². The zero-order valence-corrected chi connectivity index (χ0v) is 23.6. The zero-order valence-electron chi connectivity index (χ0n) is 23.6. The summed E-state index contributed by atoms with van der Waals surface area (Å²) in [5.41, 5.74) is 7.51. The average molecular weight is 559 g/mol. The molecule has 0 radical (unpaired) electrons. The molecule has 0 aliphatic carbocycles. The van der Waals surface area contributed by atoms with Crippen LogP contribution in [0.1, 0.15) is 49.8 Å². The predicted molar refractivity (Wildman–Crippen MR) is 160 cm³/mol. The van der Waals surface area contributed by atoms with Crippen LogP contribution in [0.4, 0.5) is 11.4 Å². The molecule has 0 saturated heterocycles. The van der Waals surface area contributed by atoms with E-state index in [0.29, 0.717) is 29.2 Å². The molecular weight excluding hydrogens is 528 g/mol. The molecule has 9 heteroatoms. The van der Waals surface area contributed by atoms with Crippen molar-refractivity contribution < 1.29 is 14.7 Å². The van der Waals surface area contributed by atoms with Gasteiger partial charge in [0.1, 0.15) is 5.75 Å². The molecule has 4 aromatic rings. The summed E-state index contributed by atoms with van der Waals surface area (Å²) in [7, 11) is 1.76. The molecule has 2 atom stereocenters. The monoisotopic (exact) mass is 558 g/mol. The molecule has 3 aliphatic rings. The summed E-state index contributed by atoms with van der Waals surface area (Å²) >= 11 is 0. The molecule has 2 N–H and O–H groups in total. The number of hydrogen-bond donors (Lipinski definition) is 2. The van der Waals surface area contributed by atoms with Gasteiger partial charge in [0.15, 0.2) is 5.84 Å². The quantitative estimate of drug-likeness (QED) is 0.382. The Hall–Kier alpha value is -5.18. The van der Waals surface area contributed by atoms with E-state index in [9.17, 15) is 14.7 Å². The van der Waals surface area contributed by atoms with Crippen LogP contribution in [-0.4, -0.2) is 57.4 Å². The van der Waals surface area contributed by atoms with E-state index in [2.05, 4.69) is 22.4 Å². The van der Waals surface area contributed by atoms with Gasteiger partial charge in [0.25, 0.3) is 11.8 Å². The van der Waals surface area contributed by atoms with Crippen LogP contribution in [0.15, 0.2) is 84.2 Å². The van der Waals surface area contributed by atoms with Gasteiger partial charge in [0.05, 0.1) is 17.4 Å². The topological polar surface area (TPSA) is 101 Å². The summed E-state index contributed by atoms with van der Waals surface area (Å²) in [6, 6.07) is 21.0. The molecule has 9 nitrogen and oxygen atoms in total. The standard InChI is InChI=1S/C33H30N6O3/c1-19-17-27-26(35-31(41)32-37(3)36-30(39(27)32)23-8-9-28(40)20(2)16-23)18-25(19)33(42)38-15-12-21-6-4-5-7-24(21)29(38)22-10-13-34-14-11-22/h4-11,13-14,16-18,29,32,40H,12,15H2,1-3H3,(H,35,41). The van der Waals surface area contributed by atoms with E-state index in [-0.39, 0.29) is 23.6 Å². The highest BCUT2D eigenvalue weighted by molar-refractivity contribution is 6.20. The van der Waals surface area contributed by atoms with Crippen molar-refractivity contribution in [1.29, 1.82) is 0 Å². The van der Waals surface area contributed by atoms with Crippen LogP contribution >= 0.6 is 0 Å². The summed E-state index contributed by atoms with van der Waals surface area (Å²) in [6.07, 6.45) is 3.61. The Morgan fingerprint density at radius 3 is 2.57 bits per heavy atom. The fourth-order valence-electron chi connectivity index (χ4n) is 6.32. The number of phenolic OH excluding ortho intramolecular Hbond substituents is 1. The molecular formula is C33H30N6O3. The number of carbonyl (C=O) groups is 2. The van der Waals surface area contributed by atoms with Crippen molar-refractivity contribution >= 4 is 29.0 Å². The Kier molecular flexibility index (Phi) is 5.97. The molecule has 0 saturated carbocycles. The van der Waals surface area contributed by atoms with E-state index >= 15 is 0 Å². The van der Waals surface area contributed by atoms with Gasteiger partial charge in [-0.25, -0.2) is 0 Å². The van der Waals surface area contributed by atoms with Crippen LogP contribution in [0.25, 0.3) is 0 Å². The number of hydrazone groups is 1. The number of likely N-dealkylation sites (N-methyl/N-ethyl adjacent to an activating group) is 1. The minimum atomic E-state index is -0.669. The summed E-state index contributed by atoms with van der Waals surface area (Å²) in [6.45, 7) is 4.33. The number of aromatic hydroxyl groups is 1. The average Bonchev–Trinajstić information content (AvgIpc) is 3.36. The lowest BCUT2D eigenvalue weighted by molar-refractivity contribution is -0.120. The number of carbonyl (C=O) groups excluding carboxylic acids is 2. The Balaban J connectivity index is 1.30. The summed E-state index contributed by atoms with van der Waals surface area (Å²) in [5.74, 6) is 0.474. The molecule has 1 aromatic heterocycles. The van der Waals surface area contributed by atoms with Gasteiger partial charge in [-0.1, -0.05) is 24.3 Å². The second kappa shape index (κ2) is 9.73. The summed E-state index contributed by atoms with van der Waals surface area (Å²) in [4.78, 5) is 35.7. The molecule has 0 spiro atoms. The van der Waals surface area contributed by atoms with Crippen LogP contribution in [0, 0.1) is 13.8 Å². The molecule has 0 fully saturated rings. The van der Waals surface area contributed by atoms with Crippen molar-refractivity contribution in [2.24, 2.45) is 5.10 Å². The number of amidine groups is 1. The number of aromatic nitrogens is 1. The number of rotatable bonds is 3. The van der Waals surface area contributed by atoms with Crippen LogP contribution in [0.2, 0.25) is 0 Å². The van der Waals surface area contributed by atoms with Gasteiger partial charge in [0, 0.05) is 37.1 Å². The number of pyridine rings is 1. The smallest absolute Gasteiger partial charge is 0.269 e. The minimum absolute atomic E-state index is 0.0930. The van der Waals surface area contributed by atoms with Gasteiger partial charge in [-0.15, -0.1) is 0 Å². The second-order valence-electron chi connectivity index (χ2n) is 11.0. The first kappa shape index (κ1) is 25.8. The predicted octanol–water partition coefficient (Wildman–Crippen LogP) is 4.58. The van der Waals surface area contributed by atoms with Crippen molar-refractivity contribution in [1.82, 2.24) is 14.9 Å². The van der Waals surface area contributed by atoms with Crippen molar-refractivity contribution in [3.63, 3.8) is 0 Å². The van der Waals surface area contributed by atoms with Crippen molar-refractivity contribution in [2.75, 3.05) is 23.8 Å². The number of anilines is 2. The van der Waals surface area contributed by atoms with Gasteiger partial charge in [-0.05, 0) is 90.6 Å². The van der Waals surface area contributed by atoms with Gasteiger partial charge in [0.2, 0.25) is 6.17 Å². The van der Waals surface area contributed by atoms with Gasteiger partial charge in [-0.2, -0.15) is 5.10 Å². The van der Waals surface area contributed by atoms with Crippen LogP contribution in [-0.2, 0) is 11.2 Å². The number of phenols is 1. The SMILES string of the molecule is Cc1cc(C2=NN(C)C3C(=O)Nc4cc(C(=O)N5CCc6ccccc6C5c5ccncc5)c(C)cc4N23)ccc1O. The van der Waals surface area contributed by atoms with Gasteiger partial charge >= 0.3 is 0 Å². The molecule has 42 heavy (non-hydrogen) atoms. The maximum atomic E-state index is 14.3. The van der Waals surface area contributed by atoms with Gasteiger partial charge < -0.3 is 15.3 Å². The molecule has 2 amide bonds. The minimum Gasteiger partial charge on any atom is -0.508 e. The lowest BCUT2D eigenvalue weighted by Gasteiger charge is -2.39. The van der Waals surface area contributed by atoms with E-state index in [0.717, 1.165) is 34.4 Å². The third-order valence-electron chi connectivity index (χ3n) is 8.43. The Morgan fingerprint density at radius 2 is 1.79 bits per heavy atom. The Morgan fingerprint density at radius 1 is 1.00 bits per heavy atom. The number of nitrogens with zero attached hydrogens (tertiary/aromatic N) is 5. The fraction of sp³-hybridized carbons (Fsp3) is 0.212. The second-order valence-corrected chi connectivity index (χ2v) is 11.0.